The maximum atomic E-state index is 12.2. The first kappa shape index (κ1) is 15.8. The first-order valence-electron chi connectivity index (χ1n) is 8.47. The molecule has 2 atom stereocenters. The molecule has 1 saturated heterocycles. The fraction of sp³-hybridized carbons (Fsp3) is 0.474. The standard InChI is InChI=1S/C19H25N3O/c1-4-10-21-13-15(11-18(21)23)19-20-16-8-6-7-9-17(16)22(19)12-14(3)5-2/h4,6-9,14-15H,1,5,10-13H2,2-3H3/t14-,15-/m1/s1. The Morgan fingerprint density at radius 2 is 2.22 bits per heavy atom. The Morgan fingerprint density at radius 1 is 1.43 bits per heavy atom. The molecule has 0 N–H and O–H groups in total. The molecule has 0 aliphatic carbocycles. The Morgan fingerprint density at radius 3 is 2.96 bits per heavy atom. The van der Waals surface area contributed by atoms with Crippen LogP contribution in [-0.2, 0) is 11.3 Å². The average Bonchev–Trinajstić information content (AvgIpc) is 3.09. The molecule has 3 rings (SSSR count). The smallest absolute Gasteiger partial charge is 0.223 e. The van der Waals surface area contributed by atoms with Gasteiger partial charge < -0.3 is 9.47 Å². The van der Waals surface area contributed by atoms with Crippen LogP contribution in [0.3, 0.4) is 0 Å². The van der Waals surface area contributed by atoms with Crippen LogP contribution in [0.1, 0.15) is 38.4 Å². The number of hydrogen-bond donors (Lipinski definition) is 0. The lowest BCUT2D eigenvalue weighted by atomic mass is 10.1. The normalized spacial score (nSPS) is 19.5. The van der Waals surface area contributed by atoms with Crippen LogP contribution < -0.4 is 0 Å². The monoisotopic (exact) mass is 311 g/mol. The summed E-state index contributed by atoms with van der Waals surface area (Å²) in [5.74, 6) is 2.04. The number of amides is 1. The molecule has 0 saturated carbocycles. The molecule has 2 heterocycles. The molecular formula is C19H25N3O. The van der Waals surface area contributed by atoms with Gasteiger partial charge in [-0.3, -0.25) is 4.79 Å². The Balaban J connectivity index is 1.98. The number of carbonyl (C=O) groups is 1. The van der Waals surface area contributed by atoms with Gasteiger partial charge in [0, 0.05) is 32.0 Å². The minimum absolute atomic E-state index is 0.180. The van der Waals surface area contributed by atoms with E-state index in [0.29, 0.717) is 18.9 Å². The Kier molecular flexibility index (Phi) is 4.51. The molecule has 2 aromatic rings. The third-order valence-corrected chi connectivity index (χ3v) is 4.80. The molecule has 1 amide bonds. The van der Waals surface area contributed by atoms with E-state index in [9.17, 15) is 4.79 Å². The number of fused-ring (bicyclic) bond motifs is 1. The summed E-state index contributed by atoms with van der Waals surface area (Å²) in [5, 5.41) is 0. The summed E-state index contributed by atoms with van der Waals surface area (Å²) in [5.41, 5.74) is 2.21. The average molecular weight is 311 g/mol. The van der Waals surface area contributed by atoms with Crippen molar-refractivity contribution >= 4 is 16.9 Å². The van der Waals surface area contributed by atoms with Gasteiger partial charge in [0.15, 0.2) is 0 Å². The van der Waals surface area contributed by atoms with Gasteiger partial charge in [-0.2, -0.15) is 0 Å². The van der Waals surface area contributed by atoms with Crippen LogP contribution in [0.25, 0.3) is 11.0 Å². The fourth-order valence-corrected chi connectivity index (χ4v) is 3.32. The molecule has 1 fully saturated rings. The number of carbonyl (C=O) groups excluding carboxylic acids is 1. The van der Waals surface area contributed by atoms with Crippen molar-refractivity contribution in [2.24, 2.45) is 5.92 Å². The van der Waals surface area contributed by atoms with Crippen LogP contribution in [0, 0.1) is 5.92 Å². The lowest BCUT2D eigenvalue weighted by molar-refractivity contribution is -0.127. The number of benzene rings is 1. The van der Waals surface area contributed by atoms with E-state index in [1.54, 1.807) is 6.08 Å². The topological polar surface area (TPSA) is 38.1 Å². The quantitative estimate of drug-likeness (QED) is 0.765. The number of imidazole rings is 1. The summed E-state index contributed by atoms with van der Waals surface area (Å²) in [6.07, 6.45) is 3.48. The zero-order valence-electron chi connectivity index (χ0n) is 14.0. The highest BCUT2D eigenvalue weighted by atomic mass is 16.2. The lowest BCUT2D eigenvalue weighted by Gasteiger charge is -2.17. The Labute approximate surface area is 137 Å². The van der Waals surface area contributed by atoms with E-state index in [2.05, 4.69) is 43.2 Å². The minimum Gasteiger partial charge on any atom is -0.338 e. The summed E-state index contributed by atoms with van der Waals surface area (Å²) in [4.78, 5) is 18.9. The molecule has 0 radical (unpaired) electrons. The van der Waals surface area contributed by atoms with Crippen LogP contribution in [-0.4, -0.2) is 33.4 Å². The maximum Gasteiger partial charge on any atom is 0.223 e. The summed E-state index contributed by atoms with van der Waals surface area (Å²) in [6.45, 7) is 10.6. The van der Waals surface area contributed by atoms with Crippen molar-refractivity contribution in [1.82, 2.24) is 14.5 Å². The van der Waals surface area contributed by atoms with Crippen molar-refractivity contribution in [1.29, 1.82) is 0 Å². The van der Waals surface area contributed by atoms with Crippen molar-refractivity contribution < 1.29 is 4.79 Å². The summed E-state index contributed by atoms with van der Waals surface area (Å²) in [6, 6.07) is 8.28. The van der Waals surface area contributed by atoms with Gasteiger partial charge in [-0.15, -0.1) is 6.58 Å². The second kappa shape index (κ2) is 6.57. The largest absolute Gasteiger partial charge is 0.338 e. The van der Waals surface area contributed by atoms with E-state index < -0.39 is 0 Å². The van der Waals surface area contributed by atoms with E-state index in [-0.39, 0.29) is 11.8 Å². The number of likely N-dealkylation sites (tertiary alicyclic amines) is 1. The first-order valence-corrected chi connectivity index (χ1v) is 8.47. The van der Waals surface area contributed by atoms with E-state index in [1.807, 2.05) is 11.0 Å². The molecule has 1 aliphatic rings. The molecule has 0 unspecified atom stereocenters. The maximum absolute atomic E-state index is 12.2. The lowest BCUT2D eigenvalue weighted by Crippen LogP contribution is -2.25. The highest BCUT2D eigenvalue weighted by Crippen LogP contribution is 2.31. The van der Waals surface area contributed by atoms with Crippen molar-refractivity contribution in [2.75, 3.05) is 13.1 Å². The van der Waals surface area contributed by atoms with Gasteiger partial charge in [-0.05, 0) is 18.1 Å². The predicted molar refractivity (Wildman–Crippen MR) is 93.3 cm³/mol. The molecule has 4 heteroatoms. The van der Waals surface area contributed by atoms with Gasteiger partial charge >= 0.3 is 0 Å². The molecule has 1 aromatic heterocycles. The zero-order valence-corrected chi connectivity index (χ0v) is 14.0. The number of aromatic nitrogens is 2. The van der Waals surface area contributed by atoms with Gasteiger partial charge in [-0.1, -0.05) is 38.5 Å². The Hall–Kier alpha value is -2.10. The van der Waals surface area contributed by atoms with Crippen molar-refractivity contribution in [3.05, 3.63) is 42.7 Å². The van der Waals surface area contributed by atoms with Crippen molar-refractivity contribution in [2.45, 2.75) is 39.2 Å². The molecule has 23 heavy (non-hydrogen) atoms. The van der Waals surface area contributed by atoms with Gasteiger partial charge in [-0.25, -0.2) is 4.98 Å². The number of hydrogen-bond acceptors (Lipinski definition) is 2. The summed E-state index contributed by atoms with van der Waals surface area (Å²) < 4.78 is 2.33. The molecule has 1 aromatic carbocycles. The van der Waals surface area contributed by atoms with Crippen LogP contribution in [0.15, 0.2) is 36.9 Å². The Bertz CT molecular complexity index is 718. The van der Waals surface area contributed by atoms with E-state index >= 15 is 0 Å². The van der Waals surface area contributed by atoms with Crippen LogP contribution in [0.5, 0.6) is 0 Å². The van der Waals surface area contributed by atoms with Crippen molar-refractivity contribution in [3.63, 3.8) is 0 Å². The van der Waals surface area contributed by atoms with Crippen LogP contribution in [0.4, 0.5) is 0 Å². The van der Waals surface area contributed by atoms with Gasteiger partial charge in [0.25, 0.3) is 0 Å². The second-order valence-electron chi connectivity index (χ2n) is 6.57. The minimum atomic E-state index is 0.180. The fourth-order valence-electron chi connectivity index (χ4n) is 3.32. The van der Waals surface area contributed by atoms with E-state index in [1.165, 1.54) is 5.52 Å². The molecule has 0 bridgehead atoms. The van der Waals surface area contributed by atoms with Gasteiger partial charge in [0.1, 0.15) is 5.82 Å². The molecular weight excluding hydrogens is 286 g/mol. The number of nitrogens with zero attached hydrogens (tertiary/aromatic N) is 3. The second-order valence-corrected chi connectivity index (χ2v) is 6.57. The third-order valence-electron chi connectivity index (χ3n) is 4.80. The zero-order chi connectivity index (χ0) is 16.4. The highest BCUT2D eigenvalue weighted by Gasteiger charge is 2.33. The molecule has 122 valence electrons. The summed E-state index contributed by atoms with van der Waals surface area (Å²) >= 11 is 0. The van der Waals surface area contributed by atoms with Crippen LogP contribution >= 0.6 is 0 Å². The highest BCUT2D eigenvalue weighted by molar-refractivity contribution is 5.81. The number of rotatable bonds is 6. The molecule has 4 nitrogen and oxygen atoms in total. The van der Waals surface area contributed by atoms with Gasteiger partial charge in [0.2, 0.25) is 5.91 Å². The summed E-state index contributed by atoms with van der Waals surface area (Å²) in [7, 11) is 0. The molecule has 1 aliphatic heterocycles. The van der Waals surface area contributed by atoms with Gasteiger partial charge in [0.05, 0.1) is 11.0 Å². The van der Waals surface area contributed by atoms with Crippen LogP contribution in [0.2, 0.25) is 0 Å². The first-order chi connectivity index (χ1) is 11.1. The van der Waals surface area contributed by atoms with E-state index in [0.717, 1.165) is 30.9 Å². The van der Waals surface area contributed by atoms with Crippen molar-refractivity contribution in [3.8, 4) is 0 Å². The predicted octanol–water partition coefficient (Wildman–Crippen LogP) is 3.58. The molecule has 0 spiro atoms. The van der Waals surface area contributed by atoms with E-state index in [4.69, 9.17) is 4.98 Å². The SMILES string of the molecule is C=CCN1C[C@H](c2nc3ccccc3n2C[C@H](C)CC)CC1=O. The number of para-hydroxylation sites is 2. The third kappa shape index (κ3) is 3.03.